The van der Waals surface area contributed by atoms with Gasteiger partial charge in [-0.3, -0.25) is 9.78 Å². The third-order valence-corrected chi connectivity index (χ3v) is 6.00. The molecule has 1 N–H and O–H groups in total. The van der Waals surface area contributed by atoms with Crippen molar-refractivity contribution in [2.75, 3.05) is 44.2 Å². The van der Waals surface area contributed by atoms with Crippen molar-refractivity contribution in [2.45, 2.75) is 25.7 Å². The van der Waals surface area contributed by atoms with Gasteiger partial charge >= 0.3 is 0 Å². The number of likely N-dealkylation sites (tertiary alicyclic amines) is 1. The summed E-state index contributed by atoms with van der Waals surface area (Å²) in [5.41, 5.74) is 2.46. The van der Waals surface area contributed by atoms with Crippen molar-refractivity contribution >= 4 is 22.5 Å². The van der Waals surface area contributed by atoms with Crippen LogP contribution in [0.4, 0.5) is 5.69 Å². The molecule has 2 aromatic rings. The van der Waals surface area contributed by atoms with Crippen LogP contribution in [-0.4, -0.2) is 55.1 Å². The number of amides is 1. The highest BCUT2D eigenvalue weighted by atomic mass is 16.1. The Labute approximate surface area is 166 Å². The van der Waals surface area contributed by atoms with E-state index < -0.39 is 0 Å². The molecule has 0 unspecified atom stereocenters. The summed E-state index contributed by atoms with van der Waals surface area (Å²) >= 11 is 0. The molecule has 1 aromatic carbocycles. The highest BCUT2D eigenvalue weighted by Gasteiger charge is 2.26. The van der Waals surface area contributed by atoms with E-state index in [0.29, 0.717) is 5.56 Å². The molecule has 0 saturated carbocycles. The van der Waals surface area contributed by atoms with Crippen LogP contribution in [0.2, 0.25) is 0 Å². The van der Waals surface area contributed by atoms with Gasteiger partial charge in [-0.25, -0.2) is 0 Å². The maximum absolute atomic E-state index is 12.5. The van der Waals surface area contributed by atoms with Crippen molar-refractivity contribution in [1.29, 1.82) is 5.26 Å². The predicted octanol–water partition coefficient (Wildman–Crippen LogP) is 2.53. The Balaban J connectivity index is 1.35. The lowest BCUT2D eigenvalue weighted by atomic mass is 9.95. The van der Waals surface area contributed by atoms with E-state index in [2.05, 4.69) is 26.2 Å². The summed E-state index contributed by atoms with van der Waals surface area (Å²) in [5, 5.41) is 13.5. The lowest BCUT2D eigenvalue weighted by Crippen LogP contribution is -2.42. The number of pyridine rings is 1. The van der Waals surface area contributed by atoms with Crippen LogP contribution >= 0.6 is 0 Å². The number of nitrogens with zero attached hydrogens (tertiary/aromatic N) is 4. The molecule has 28 heavy (non-hydrogen) atoms. The Bertz CT molecular complexity index is 876. The molecular weight excluding hydrogens is 350 g/mol. The largest absolute Gasteiger partial charge is 0.371 e. The highest BCUT2D eigenvalue weighted by molar-refractivity contribution is 5.95. The summed E-state index contributed by atoms with van der Waals surface area (Å²) < 4.78 is 0. The van der Waals surface area contributed by atoms with Gasteiger partial charge in [-0.2, -0.15) is 5.26 Å². The molecular formula is C22H27N5O. The molecule has 2 aliphatic rings. The number of carbonyl (C=O) groups excluding carboxylic acids is 1. The second-order valence-corrected chi connectivity index (χ2v) is 7.74. The molecule has 0 radical (unpaired) electrons. The number of benzene rings is 1. The van der Waals surface area contributed by atoms with Crippen molar-refractivity contribution in [3.8, 4) is 6.07 Å². The Hall–Kier alpha value is -2.65. The molecule has 6 heteroatoms. The van der Waals surface area contributed by atoms with Crippen molar-refractivity contribution in [1.82, 2.24) is 15.2 Å². The van der Waals surface area contributed by atoms with Gasteiger partial charge in [0.2, 0.25) is 5.91 Å². The van der Waals surface area contributed by atoms with Crippen LogP contribution in [0, 0.1) is 17.2 Å². The smallest absolute Gasteiger partial charge is 0.223 e. The summed E-state index contributed by atoms with van der Waals surface area (Å²) in [4.78, 5) is 21.7. The SMILES string of the molecule is N#Cc1ccc(N2CCC(C(=O)NCCN3CCCC3)CC2)c2cccnc12. The molecule has 1 aromatic heterocycles. The first kappa shape index (κ1) is 18.7. The van der Waals surface area contributed by atoms with E-state index >= 15 is 0 Å². The number of aromatic nitrogens is 1. The van der Waals surface area contributed by atoms with Crippen LogP contribution in [-0.2, 0) is 4.79 Å². The fraction of sp³-hybridized carbons (Fsp3) is 0.500. The first-order chi connectivity index (χ1) is 13.8. The minimum Gasteiger partial charge on any atom is -0.371 e. The van der Waals surface area contributed by atoms with Gasteiger partial charge in [-0.15, -0.1) is 0 Å². The minimum absolute atomic E-state index is 0.0950. The van der Waals surface area contributed by atoms with E-state index in [1.807, 2.05) is 24.3 Å². The third-order valence-electron chi connectivity index (χ3n) is 6.00. The molecule has 2 aliphatic heterocycles. The van der Waals surface area contributed by atoms with Crippen molar-refractivity contribution in [2.24, 2.45) is 5.92 Å². The fourth-order valence-corrected chi connectivity index (χ4v) is 4.39. The highest BCUT2D eigenvalue weighted by Crippen LogP contribution is 2.31. The van der Waals surface area contributed by atoms with Crippen molar-refractivity contribution < 1.29 is 4.79 Å². The number of hydrogen-bond acceptors (Lipinski definition) is 5. The summed E-state index contributed by atoms with van der Waals surface area (Å²) in [7, 11) is 0. The summed E-state index contributed by atoms with van der Waals surface area (Å²) in [6.45, 7) is 5.75. The van der Waals surface area contributed by atoms with Crippen LogP contribution in [0.1, 0.15) is 31.2 Å². The van der Waals surface area contributed by atoms with Gasteiger partial charge in [0.15, 0.2) is 0 Å². The summed E-state index contributed by atoms with van der Waals surface area (Å²) in [6, 6.07) is 10.0. The van der Waals surface area contributed by atoms with Crippen LogP contribution in [0.5, 0.6) is 0 Å². The van der Waals surface area contributed by atoms with Crippen LogP contribution < -0.4 is 10.2 Å². The Morgan fingerprint density at radius 2 is 1.96 bits per heavy atom. The van der Waals surface area contributed by atoms with E-state index in [1.54, 1.807) is 6.20 Å². The molecule has 6 nitrogen and oxygen atoms in total. The summed E-state index contributed by atoms with van der Waals surface area (Å²) in [5.74, 6) is 0.294. The standard InChI is InChI=1S/C22H27N5O/c23-16-18-5-6-20(19-4-3-9-24-21(18)19)27-13-7-17(8-14-27)22(28)25-10-15-26-11-1-2-12-26/h3-6,9,17H,1-2,7-8,10-15H2,(H,25,28). The van der Waals surface area contributed by atoms with E-state index in [9.17, 15) is 10.1 Å². The lowest BCUT2D eigenvalue weighted by Gasteiger charge is -2.33. The molecule has 1 amide bonds. The fourth-order valence-electron chi connectivity index (χ4n) is 4.39. The van der Waals surface area contributed by atoms with Gasteiger partial charge in [0, 0.05) is 49.4 Å². The molecule has 0 aliphatic carbocycles. The average Bonchev–Trinajstić information content (AvgIpc) is 3.26. The van der Waals surface area contributed by atoms with E-state index in [4.69, 9.17) is 0 Å². The van der Waals surface area contributed by atoms with Gasteiger partial charge in [0.1, 0.15) is 6.07 Å². The number of anilines is 1. The van der Waals surface area contributed by atoms with E-state index in [-0.39, 0.29) is 11.8 Å². The summed E-state index contributed by atoms with van der Waals surface area (Å²) in [6.07, 6.45) is 6.01. The van der Waals surface area contributed by atoms with Crippen LogP contribution in [0.15, 0.2) is 30.5 Å². The first-order valence-electron chi connectivity index (χ1n) is 10.3. The zero-order chi connectivity index (χ0) is 19.3. The lowest BCUT2D eigenvalue weighted by molar-refractivity contribution is -0.125. The maximum atomic E-state index is 12.5. The minimum atomic E-state index is 0.0950. The van der Waals surface area contributed by atoms with Gasteiger partial charge in [-0.1, -0.05) is 0 Å². The molecule has 2 fully saturated rings. The quantitative estimate of drug-likeness (QED) is 0.867. The van der Waals surface area contributed by atoms with Gasteiger partial charge in [0.05, 0.1) is 11.1 Å². The normalized spacial score (nSPS) is 18.3. The van der Waals surface area contributed by atoms with E-state index in [0.717, 1.165) is 55.6 Å². The number of rotatable bonds is 5. The molecule has 2 saturated heterocycles. The molecule has 0 atom stereocenters. The Morgan fingerprint density at radius 3 is 2.71 bits per heavy atom. The number of nitrogens with one attached hydrogen (secondary N) is 1. The Kier molecular flexibility index (Phi) is 5.73. The van der Waals surface area contributed by atoms with Gasteiger partial charge in [0.25, 0.3) is 0 Å². The molecule has 146 valence electrons. The zero-order valence-electron chi connectivity index (χ0n) is 16.2. The first-order valence-corrected chi connectivity index (χ1v) is 10.3. The second kappa shape index (κ2) is 8.57. The average molecular weight is 377 g/mol. The monoisotopic (exact) mass is 377 g/mol. The number of fused-ring (bicyclic) bond motifs is 1. The van der Waals surface area contributed by atoms with Crippen LogP contribution in [0.25, 0.3) is 10.9 Å². The second-order valence-electron chi connectivity index (χ2n) is 7.74. The molecule has 0 bridgehead atoms. The number of piperidine rings is 1. The number of hydrogen-bond donors (Lipinski definition) is 1. The van der Waals surface area contributed by atoms with Crippen molar-refractivity contribution in [3.05, 3.63) is 36.0 Å². The number of carbonyl (C=O) groups is 1. The molecule has 3 heterocycles. The third kappa shape index (κ3) is 3.95. The maximum Gasteiger partial charge on any atom is 0.223 e. The van der Waals surface area contributed by atoms with Crippen LogP contribution in [0.3, 0.4) is 0 Å². The van der Waals surface area contributed by atoms with Gasteiger partial charge in [-0.05, 0) is 63.0 Å². The van der Waals surface area contributed by atoms with Crippen molar-refractivity contribution in [3.63, 3.8) is 0 Å². The zero-order valence-corrected chi connectivity index (χ0v) is 16.2. The molecule has 0 spiro atoms. The Morgan fingerprint density at radius 1 is 1.18 bits per heavy atom. The predicted molar refractivity (Wildman–Crippen MR) is 110 cm³/mol. The number of nitriles is 1. The van der Waals surface area contributed by atoms with Gasteiger partial charge < -0.3 is 15.1 Å². The molecule has 4 rings (SSSR count). The topological polar surface area (TPSA) is 72.3 Å². The van der Waals surface area contributed by atoms with E-state index in [1.165, 1.54) is 25.9 Å².